The summed E-state index contributed by atoms with van der Waals surface area (Å²) in [4.78, 5) is 32.0. The fourth-order valence-electron chi connectivity index (χ4n) is 4.59. The number of hydrogen-bond acceptors (Lipinski definition) is 7. The summed E-state index contributed by atoms with van der Waals surface area (Å²) in [5.74, 6) is 1.23. The molecule has 1 aliphatic heterocycles. The molecule has 5 rings (SSSR count). The molecule has 0 unspecified atom stereocenters. The van der Waals surface area contributed by atoms with Crippen molar-refractivity contribution in [3.63, 3.8) is 0 Å². The Morgan fingerprint density at radius 2 is 1.97 bits per heavy atom. The van der Waals surface area contributed by atoms with Crippen molar-refractivity contribution in [2.45, 2.75) is 26.8 Å². The van der Waals surface area contributed by atoms with Crippen molar-refractivity contribution >= 4 is 35.0 Å². The third-order valence-corrected chi connectivity index (χ3v) is 7.52. The Hall–Kier alpha value is -3.88. The Bertz CT molecular complexity index is 1760. The molecule has 7 nitrogen and oxygen atoms in total. The number of para-hydroxylation sites is 1. The number of carbonyl (C=O) groups excluding carboxylic acids is 1. The van der Waals surface area contributed by atoms with Gasteiger partial charge in [-0.05, 0) is 62.7 Å². The fourth-order valence-corrected chi connectivity index (χ4v) is 5.84. The van der Waals surface area contributed by atoms with E-state index < -0.39 is 12.0 Å². The molecular formula is C29H25ClN2O5S. The van der Waals surface area contributed by atoms with Crippen LogP contribution in [-0.4, -0.2) is 24.3 Å². The molecule has 194 valence electrons. The molecule has 2 aromatic carbocycles. The zero-order valence-electron chi connectivity index (χ0n) is 21.3. The van der Waals surface area contributed by atoms with Crippen molar-refractivity contribution in [2.75, 3.05) is 13.7 Å². The molecule has 0 amide bonds. The quantitative estimate of drug-likeness (QED) is 0.316. The predicted molar refractivity (Wildman–Crippen MR) is 147 cm³/mol. The average molecular weight is 549 g/mol. The summed E-state index contributed by atoms with van der Waals surface area (Å²) >= 11 is 7.33. The zero-order chi connectivity index (χ0) is 27.0. The number of hydrogen-bond donors (Lipinski definition) is 0. The molecule has 0 aliphatic carbocycles. The van der Waals surface area contributed by atoms with E-state index in [2.05, 4.69) is 4.99 Å². The second kappa shape index (κ2) is 10.5. The van der Waals surface area contributed by atoms with E-state index >= 15 is 0 Å². The molecule has 9 heteroatoms. The van der Waals surface area contributed by atoms with E-state index in [9.17, 15) is 9.59 Å². The van der Waals surface area contributed by atoms with Gasteiger partial charge in [-0.3, -0.25) is 9.36 Å². The number of ether oxygens (including phenoxy) is 2. The third-order valence-electron chi connectivity index (χ3n) is 6.30. The number of carbonyl (C=O) groups is 1. The molecule has 0 saturated heterocycles. The average Bonchev–Trinajstić information content (AvgIpc) is 3.47. The van der Waals surface area contributed by atoms with Gasteiger partial charge in [-0.1, -0.05) is 41.1 Å². The minimum absolute atomic E-state index is 0.201. The number of methoxy groups -OCH3 is 1. The largest absolute Gasteiger partial charge is 0.496 e. The Morgan fingerprint density at radius 1 is 1.18 bits per heavy atom. The summed E-state index contributed by atoms with van der Waals surface area (Å²) < 4.78 is 19.0. The van der Waals surface area contributed by atoms with Crippen molar-refractivity contribution in [3.05, 3.63) is 107 Å². The first-order valence-electron chi connectivity index (χ1n) is 12.0. The number of rotatable bonds is 6. The molecule has 0 saturated carbocycles. The van der Waals surface area contributed by atoms with Gasteiger partial charge in [0.15, 0.2) is 4.80 Å². The standard InChI is InChI=1S/C29H25ClN2O5S/c1-5-36-28(34)25-17(3)31-29-32(26(25)21-8-6-7-9-22(21)35-4)27(33)24(38-29)15-19-11-13-23(37-19)20-12-10-18(30)14-16(20)2/h6-15,26H,5H2,1-4H3/b24-15-/t26-/m0/s1. The molecule has 3 heterocycles. The van der Waals surface area contributed by atoms with Gasteiger partial charge in [-0.25, -0.2) is 9.79 Å². The first-order chi connectivity index (χ1) is 18.3. The Balaban J connectivity index is 1.66. The van der Waals surface area contributed by atoms with E-state index in [1.165, 1.54) is 15.9 Å². The number of thiazole rings is 1. The Morgan fingerprint density at radius 3 is 2.71 bits per heavy atom. The van der Waals surface area contributed by atoms with E-state index in [0.717, 1.165) is 11.1 Å². The number of benzene rings is 2. The maximum atomic E-state index is 13.8. The van der Waals surface area contributed by atoms with Crippen LogP contribution in [0.2, 0.25) is 5.02 Å². The van der Waals surface area contributed by atoms with Crippen LogP contribution in [0.3, 0.4) is 0 Å². The Labute approximate surface area is 227 Å². The van der Waals surface area contributed by atoms with E-state index in [1.54, 1.807) is 33.1 Å². The van der Waals surface area contributed by atoms with Gasteiger partial charge >= 0.3 is 5.97 Å². The summed E-state index contributed by atoms with van der Waals surface area (Å²) in [5.41, 5.74) is 3.07. The number of aryl methyl sites for hydroxylation is 1. The second-order valence-corrected chi connectivity index (χ2v) is 10.2. The van der Waals surface area contributed by atoms with Crippen LogP contribution >= 0.6 is 22.9 Å². The van der Waals surface area contributed by atoms with Crippen LogP contribution < -0.4 is 19.6 Å². The molecular weight excluding hydrogens is 524 g/mol. The van der Waals surface area contributed by atoms with Gasteiger partial charge in [0, 0.05) is 22.2 Å². The number of aromatic nitrogens is 1. The molecule has 2 aromatic heterocycles. The number of nitrogens with zero attached hydrogens (tertiary/aromatic N) is 2. The lowest BCUT2D eigenvalue weighted by atomic mass is 9.95. The third kappa shape index (κ3) is 4.61. The van der Waals surface area contributed by atoms with Gasteiger partial charge in [-0.15, -0.1) is 0 Å². The molecule has 0 spiro atoms. The maximum absolute atomic E-state index is 13.8. The highest BCUT2D eigenvalue weighted by molar-refractivity contribution is 7.07. The SMILES string of the molecule is CCOC(=O)C1=C(C)N=c2s/c(=C\c3ccc(-c4ccc(Cl)cc4C)o3)c(=O)n2[C@H]1c1ccccc1OC. The zero-order valence-corrected chi connectivity index (χ0v) is 22.9. The molecule has 1 atom stereocenters. The van der Waals surface area contributed by atoms with Crippen molar-refractivity contribution in [2.24, 2.45) is 4.99 Å². The number of furan rings is 1. The van der Waals surface area contributed by atoms with Crippen LogP contribution in [0, 0.1) is 6.92 Å². The van der Waals surface area contributed by atoms with Gasteiger partial charge in [0.2, 0.25) is 0 Å². The molecule has 38 heavy (non-hydrogen) atoms. The highest BCUT2D eigenvalue weighted by Gasteiger charge is 2.35. The summed E-state index contributed by atoms with van der Waals surface area (Å²) in [5, 5.41) is 0.654. The second-order valence-electron chi connectivity index (χ2n) is 8.71. The van der Waals surface area contributed by atoms with Gasteiger partial charge < -0.3 is 13.9 Å². The van der Waals surface area contributed by atoms with E-state index in [0.29, 0.717) is 48.5 Å². The van der Waals surface area contributed by atoms with Crippen molar-refractivity contribution in [1.82, 2.24) is 4.57 Å². The fraction of sp³-hybridized carbons (Fsp3) is 0.207. The van der Waals surface area contributed by atoms with Crippen LogP contribution in [0.25, 0.3) is 17.4 Å². The monoisotopic (exact) mass is 548 g/mol. The number of esters is 1. The predicted octanol–water partition coefficient (Wildman–Crippen LogP) is 5.03. The molecule has 0 fully saturated rings. The van der Waals surface area contributed by atoms with Crippen LogP contribution in [0.1, 0.15) is 36.8 Å². The molecule has 4 aromatic rings. The van der Waals surface area contributed by atoms with Gasteiger partial charge in [0.25, 0.3) is 5.56 Å². The molecule has 0 N–H and O–H groups in total. The number of fused-ring (bicyclic) bond motifs is 1. The first-order valence-corrected chi connectivity index (χ1v) is 13.2. The normalized spacial score (nSPS) is 15.3. The van der Waals surface area contributed by atoms with Crippen LogP contribution in [0.4, 0.5) is 0 Å². The smallest absolute Gasteiger partial charge is 0.338 e. The lowest BCUT2D eigenvalue weighted by molar-refractivity contribution is -0.139. The summed E-state index contributed by atoms with van der Waals surface area (Å²) in [6, 6.07) is 15.8. The maximum Gasteiger partial charge on any atom is 0.338 e. The highest BCUT2D eigenvalue weighted by Crippen LogP contribution is 2.35. The summed E-state index contributed by atoms with van der Waals surface area (Å²) in [6.45, 7) is 5.65. The number of allylic oxidation sites excluding steroid dienone is 1. The van der Waals surface area contributed by atoms with Crippen LogP contribution in [0.15, 0.2) is 80.1 Å². The van der Waals surface area contributed by atoms with Crippen LogP contribution in [0.5, 0.6) is 5.75 Å². The molecule has 0 bridgehead atoms. The van der Waals surface area contributed by atoms with E-state index in [1.807, 2.05) is 55.5 Å². The molecule has 1 aliphatic rings. The minimum atomic E-state index is -0.757. The van der Waals surface area contributed by atoms with Crippen molar-refractivity contribution in [3.8, 4) is 17.1 Å². The van der Waals surface area contributed by atoms with E-state index in [4.69, 9.17) is 25.5 Å². The minimum Gasteiger partial charge on any atom is -0.496 e. The van der Waals surface area contributed by atoms with Gasteiger partial charge in [0.05, 0.1) is 29.5 Å². The number of halogens is 1. The molecule has 0 radical (unpaired) electrons. The lowest BCUT2D eigenvalue weighted by Crippen LogP contribution is -2.40. The first kappa shape index (κ1) is 25.8. The van der Waals surface area contributed by atoms with Crippen LogP contribution in [-0.2, 0) is 9.53 Å². The van der Waals surface area contributed by atoms with Crippen molar-refractivity contribution < 1.29 is 18.7 Å². The summed E-state index contributed by atoms with van der Waals surface area (Å²) in [7, 11) is 1.56. The lowest BCUT2D eigenvalue weighted by Gasteiger charge is -2.25. The topological polar surface area (TPSA) is 83.0 Å². The van der Waals surface area contributed by atoms with Crippen molar-refractivity contribution in [1.29, 1.82) is 0 Å². The van der Waals surface area contributed by atoms with Gasteiger partial charge in [-0.2, -0.15) is 0 Å². The van der Waals surface area contributed by atoms with E-state index in [-0.39, 0.29) is 12.2 Å². The van der Waals surface area contributed by atoms with Gasteiger partial charge in [0.1, 0.15) is 23.3 Å². The Kier molecular flexibility index (Phi) is 7.10. The summed E-state index contributed by atoms with van der Waals surface area (Å²) in [6.07, 6.45) is 1.70. The highest BCUT2D eigenvalue weighted by atomic mass is 35.5.